The summed E-state index contributed by atoms with van der Waals surface area (Å²) in [4.78, 5) is 0. The van der Waals surface area contributed by atoms with Crippen molar-refractivity contribution >= 4 is 0 Å². The van der Waals surface area contributed by atoms with Gasteiger partial charge in [0.15, 0.2) is 0 Å². The van der Waals surface area contributed by atoms with Crippen LogP contribution in [0.5, 0.6) is 0 Å². The lowest BCUT2D eigenvalue weighted by atomic mass is 9.94. The molecule has 98 valence electrons. The first-order valence-electron chi connectivity index (χ1n) is 7.14. The van der Waals surface area contributed by atoms with Crippen LogP contribution >= 0.6 is 0 Å². The molecule has 0 fully saturated rings. The van der Waals surface area contributed by atoms with E-state index >= 15 is 0 Å². The summed E-state index contributed by atoms with van der Waals surface area (Å²) < 4.78 is 0. The van der Waals surface area contributed by atoms with Gasteiger partial charge in [0.25, 0.3) is 0 Å². The molecule has 19 heavy (non-hydrogen) atoms. The Bertz CT molecular complexity index is 581. The fourth-order valence-electron chi connectivity index (χ4n) is 3.00. The van der Waals surface area contributed by atoms with Gasteiger partial charge in [-0.2, -0.15) is 0 Å². The fraction of sp³-hybridized carbons (Fsp3) is 0.333. The molecule has 0 spiro atoms. The third-order valence-corrected chi connectivity index (χ3v) is 4.21. The van der Waals surface area contributed by atoms with Crippen LogP contribution in [-0.2, 0) is 6.42 Å². The Kier molecular flexibility index (Phi) is 3.16. The molecular weight excluding hydrogens is 230 g/mol. The summed E-state index contributed by atoms with van der Waals surface area (Å²) in [6.07, 6.45) is 2.19. The molecule has 2 aromatic rings. The van der Waals surface area contributed by atoms with Crippen LogP contribution in [0.4, 0.5) is 0 Å². The van der Waals surface area contributed by atoms with Crippen LogP contribution in [0.3, 0.4) is 0 Å². The molecule has 0 amide bonds. The second kappa shape index (κ2) is 4.82. The summed E-state index contributed by atoms with van der Waals surface area (Å²) >= 11 is 0. The molecule has 0 aliphatic heterocycles. The molecule has 1 aliphatic carbocycles. The number of hydrogen-bond acceptors (Lipinski definition) is 1. The quantitative estimate of drug-likeness (QED) is 0.840. The minimum atomic E-state index is 0.227. The fourth-order valence-corrected chi connectivity index (χ4v) is 3.00. The van der Waals surface area contributed by atoms with Crippen molar-refractivity contribution in [1.82, 2.24) is 0 Å². The molecule has 0 saturated heterocycles. The van der Waals surface area contributed by atoms with Crippen molar-refractivity contribution in [3.05, 3.63) is 59.2 Å². The second-order valence-corrected chi connectivity index (χ2v) is 5.80. The van der Waals surface area contributed by atoms with Gasteiger partial charge in [0.1, 0.15) is 0 Å². The van der Waals surface area contributed by atoms with E-state index in [1.807, 2.05) is 0 Å². The van der Waals surface area contributed by atoms with E-state index in [2.05, 4.69) is 56.3 Å². The number of hydrogen-bond donors (Lipinski definition) is 1. The van der Waals surface area contributed by atoms with Gasteiger partial charge < -0.3 is 5.73 Å². The van der Waals surface area contributed by atoms with E-state index in [9.17, 15) is 0 Å². The normalized spacial score (nSPS) is 17.8. The maximum absolute atomic E-state index is 6.16. The highest BCUT2D eigenvalue weighted by Gasteiger charge is 2.21. The molecule has 0 radical (unpaired) electrons. The van der Waals surface area contributed by atoms with Gasteiger partial charge in [0, 0.05) is 6.04 Å². The molecule has 2 N–H and O–H groups in total. The molecule has 3 rings (SSSR count). The molecule has 1 atom stereocenters. The van der Waals surface area contributed by atoms with Crippen LogP contribution in [0.2, 0.25) is 0 Å². The molecule has 0 saturated carbocycles. The Morgan fingerprint density at radius 2 is 1.79 bits per heavy atom. The molecular formula is C18H21N. The maximum atomic E-state index is 6.16. The SMILES string of the molecule is CC(C)c1ccc(-c2cccc3c2CCC3N)cc1. The summed E-state index contributed by atoms with van der Waals surface area (Å²) in [5.74, 6) is 0.587. The lowest BCUT2D eigenvalue weighted by Gasteiger charge is -2.11. The van der Waals surface area contributed by atoms with Gasteiger partial charge in [0.2, 0.25) is 0 Å². The Labute approximate surface area is 115 Å². The summed E-state index contributed by atoms with van der Waals surface area (Å²) in [7, 11) is 0. The van der Waals surface area contributed by atoms with Crippen LogP contribution in [-0.4, -0.2) is 0 Å². The van der Waals surface area contributed by atoms with Crippen LogP contribution in [0.1, 0.15) is 48.9 Å². The van der Waals surface area contributed by atoms with E-state index < -0.39 is 0 Å². The second-order valence-electron chi connectivity index (χ2n) is 5.80. The number of fused-ring (bicyclic) bond motifs is 1. The molecule has 1 unspecified atom stereocenters. The van der Waals surface area contributed by atoms with Crippen molar-refractivity contribution in [2.75, 3.05) is 0 Å². The van der Waals surface area contributed by atoms with Crippen molar-refractivity contribution in [1.29, 1.82) is 0 Å². The predicted octanol–water partition coefficient (Wildman–Crippen LogP) is 4.42. The number of rotatable bonds is 2. The Morgan fingerprint density at radius 3 is 2.47 bits per heavy atom. The van der Waals surface area contributed by atoms with Gasteiger partial charge in [0.05, 0.1) is 0 Å². The zero-order valence-corrected chi connectivity index (χ0v) is 11.7. The first kappa shape index (κ1) is 12.4. The van der Waals surface area contributed by atoms with Gasteiger partial charge in [-0.15, -0.1) is 0 Å². The van der Waals surface area contributed by atoms with E-state index in [1.54, 1.807) is 0 Å². The highest BCUT2D eigenvalue weighted by Crippen LogP contribution is 2.36. The lowest BCUT2D eigenvalue weighted by Crippen LogP contribution is -2.04. The average molecular weight is 251 g/mol. The highest BCUT2D eigenvalue weighted by atomic mass is 14.6. The van der Waals surface area contributed by atoms with Crippen LogP contribution < -0.4 is 5.73 Å². The topological polar surface area (TPSA) is 26.0 Å². The number of benzene rings is 2. The van der Waals surface area contributed by atoms with E-state index in [0.29, 0.717) is 5.92 Å². The summed E-state index contributed by atoms with van der Waals surface area (Å²) in [5, 5.41) is 0. The van der Waals surface area contributed by atoms with E-state index in [1.165, 1.54) is 27.8 Å². The maximum Gasteiger partial charge on any atom is 0.0300 e. The van der Waals surface area contributed by atoms with Gasteiger partial charge in [-0.1, -0.05) is 56.3 Å². The van der Waals surface area contributed by atoms with Gasteiger partial charge in [-0.05, 0) is 46.6 Å². The van der Waals surface area contributed by atoms with E-state index in [0.717, 1.165) is 12.8 Å². The number of nitrogens with two attached hydrogens (primary N) is 1. The van der Waals surface area contributed by atoms with Crippen molar-refractivity contribution in [2.45, 2.75) is 38.6 Å². The van der Waals surface area contributed by atoms with Crippen molar-refractivity contribution in [2.24, 2.45) is 5.73 Å². The van der Waals surface area contributed by atoms with E-state index in [4.69, 9.17) is 5.73 Å². The van der Waals surface area contributed by atoms with Gasteiger partial charge >= 0.3 is 0 Å². The summed E-state index contributed by atoms with van der Waals surface area (Å²) in [6, 6.07) is 15.7. The molecule has 1 aliphatic rings. The highest BCUT2D eigenvalue weighted by molar-refractivity contribution is 5.70. The zero-order valence-electron chi connectivity index (χ0n) is 11.7. The molecule has 0 heterocycles. The molecule has 2 aromatic carbocycles. The third-order valence-electron chi connectivity index (χ3n) is 4.21. The Hall–Kier alpha value is -1.60. The summed E-state index contributed by atoms with van der Waals surface area (Å²) in [6.45, 7) is 4.46. The Morgan fingerprint density at radius 1 is 1.05 bits per heavy atom. The van der Waals surface area contributed by atoms with Crippen LogP contribution in [0.15, 0.2) is 42.5 Å². The third kappa shape index (κ3) is 2.19. The zero-order chi connectivity index (χ0) is 13.4. The van der Waals surface area contributed by atoms with Crippen LogP contribution in [0.25, 0.3) is 11.1 Å². The standard InChI is InChI=1S/C18H21N/c1-12(2)13-6-8-14(9-7-13)15-4-3-5-17-16(15)10-11-18(17)19/h3-9,12,18H,10-11,19H2,1-2H3. The van der Waals surface area contributed by atoms with E-state index in [-0.39, 0.29) is 6.04 Å². The molecule has 1 heteroatoms. The minimum Gasteiger partial charge on any atom is -0.324 e. The monoisotopic (exact) mass is 251 g/mol. The average Bonchev–Trinajstić information content (AvgIpc) is 2.81. The minimum absolute atomic E-state index is 0.227. The first-order valence-corrected chi connectivity index (χ1v) is 7.14. The summed E-state index contributed by atoms with van der Waals surface area (Å²) in [5.41, 5.74) is 13.0. The Balaban J connectivity index is 2.03. The first-order chi connectivity index (χ1) is 9.16. The van der Waals surface area contributed by atoms with Crippen molar-refractivity contribution in [3.8, 4) is 11.1 Å². The largest absolute Gasteiger partial charge is 0.324 e. The van der Waals surface area contributed by atoms with Gasteiger partial charge in [-0.25, -0.2) is 0 Å². The van der Waals surface area contributed by atoms with Crippen molar-refractivity contribution in [3.63, 3.8) is 0 Å². The molecule has 0 bridgehead atoms. The smallest absolute Gasteiger partial charge is 0.0300 e. The van der Waals surface area contributed by atoms with Crippen LogP contribution in [0, 0.1) is 0 Å². The predicted molar refractivity (Wildman–Crippen MR) is 81.2 cm³/mol. The van der Waals surface area contributed by atoms with Gasteiger partial charge in [-0.3, -0.25) is 0 Å². The molecule has 1 nitrogen and oxygen atoms in total. The lowest BCUT2D eigenvalue weighted by molar-refractivity contribution is 0.713. The van der Waals surface area contributed by atoms with Crippen molar-refractivity contribution < 1.29 is 0 Å². The molecule has 0 aromatic heterocycles.